The Hall–Kier alpha value is -2.55. The fourth-order valence-corrected chi connectivity index (χ4v) is 2.71. The molecule has 0 radical (unpaired) electrons. The van der Waals surface area contributed by atoms with Crippen molar-refractivity contribution in [1.29, 1.82) is 0 Å². The summed E-state index contributed by atoms with van der Waals surface area (Å²) >= 11 is 0. The van der Waals surface area contributed by atoms with Crippen LogP contribution in [-0.4, -0.2) is 46.8 Å². The minimum Gasteiger partial charge on any atom is -0.352 e. The molecule has 1 aliphatic rings. The first-order valence-corrected chi connectivity index (χ1v) is 7.92. The molecule has 1 aromatic rings. The van der Waals surface area contributed by atoms with Crippen molar-refractivity contribution in [2.75, 3.05) is 26.2 Å². The quantitative estimate of drug-likeness (QED) is 0.441. The average molecular weight is 336 g/mol. The first-order chi connectivity index (χ1) is 11.5. The molecule has 1 heterocycles. The first kappa shape index (κ1) is 17.8. The molecule has 0 aromatic heterocycles. The second-order valence-electron chi connectivity index (χ2n) is 5.76. The second kappa shape index (κ2) is 8.34. The fraction of sp³-hybridized carbons (Fsp3) is 0.533. The van der Waals surface area contributed by atoms with E-state index in [-0.39, 0.29) is 5.56 Å². The van der Waals surface area contributed by atoms with Gasteiger partial charge in [-0.2, -0.15) is 0 Å². The summed E-state index contributed by atoms with van der Waals surface area (Å²) in [5, 5.41) is 24.3. The van der Waals surface area contributed by atoms with Crippen LogP contribution in [0.5, 0.6) is 0 Å². The summed E-state index contributed by atoms with van der Waals surface area (Å²) in [6.45, 7) is 3.69. The van der Waals surface area contributed by atoms with E-state index in [1.54, 1.807) is 0 Å². The maximum absolute atomic E-state index is 12.0. The van der Waals surface area contributed by atoms with Crippen LogP contribution in [0.2, 0.25) is 0 Å². The van der Waals surface area contributed by atoms with Crippen molar-refractivity contribution in [1.82, 2.24) is 10.2 Å². The number of carbonyl (C=O) groups excluding carboxylic acids is 1. The number of carbonyl (C=O) groups is 1. The van der Waals surface area contributed by atoms with Crippen molar-refractivity contribution in [3.63, 3.8) is 0 Å². The van der Waals surface area contributed by atoms with E-state index in [0.717, 1.165) is 50.7 Å². The van der Waals surface area contributed by atoms with E-state index in [1.807, 2.05) is 0 Å². The lowest BCUT2D eigenvalue weighted by Crippen LogP contribution is -2.26. The van der Waals surface area contributed by atoms with Gasteiger partial charge in [0.2, 0.25) is 0 Å². The maximum atomic E-state index is 12.0. The van der Waals surface area contributed by atoms with Crippen LogP contribution in [-0.2, 0) is 0 Å². The first-order valence-electron chi connectivity index (χ1n) is 7.92. The van der Waals surface area contributed by atoms with Gasteiger partial charge in [0, 0.05) is 18.7 Å². The third kappa shape index (κ3) is 4.98. The number of non-ortho nitro benzene ring substituents is 2. The number of rotatable bonds is 8. The highest BCUT2D eigenvalue weighted by Crippen LogP contribution is 2.22. The Morgan fingerprint density at radius 2 is 1.62 bits per heavy atom. The van der Waals surface area contributed by atoms with Gasteiger partial charge in [0.1, 0.15) is 0 Å². The lowest BCUT2D eigenvalue weighted by atomic mass is 10.1. The molecule has 0 aliphatic carbocycles. The monoisotopic (exact) mass is 336 g/mol. The second-order valence-corrected chi connectivity index (χ2v) is 5.76. The van der Waals surface area contributed by atoms with Gasteiger partial charge in [0.15, 0.2) is 0 Å². The molecule has 1 aliphatic heterocycles. The van der Waals surface area contributed by atoms with Gasteiger partial charge in [-0.15, -0.1) is 0 Å². The van der Waals surface area contributed by atoms with Gasteiger partial charge in [-0.05, 0) is 45.3 Å². The Bertz CT molecular complexity index is 596. The molecule has 0 atom stereocenters. The molecule has 1 fully saturated rings. The Morgan fingerprint density at radius 1 is 1.04 bits per heavy atom. The summed E-state index contributed by atoms with van der Waals surface area (Å²) in [5.74, 6) is -0.539. The van der Waals surface area contributed by atoms with Crippen LogP contribution in [0.3, 0.4) is 0 Å². The predicted octanol–water partition coefficient (Wildman–Crippen LogP) is 2.11. The van der Waals surface area contributed by atoms with Crippen molar-refractivity contribution in [3.8, 4) is 0 Å². The third-order valence-corrected chi connectivity index (χ3v) is 3.97. The standard InChI is InChI=1S/C15H20N4O5/c20-15(16-5-1-2-6-17-7-3-4-8-17)12-9-13(18(21)22)11-14(10-12)19(23)24/h9-11H,1-8H2,(H,16,20). The van der Waals surface area contributed by atoms with Crippen LogP contribution < -0.4 is 5.32 Å². The Kier molecular flexibility index (Phi) is 6.19. The van der Waals surface area contributed by atoms with E-state index >= 15 is 0 Å². The third-order valence-electron chi connectivity index (χ3n) is 3.97. The predicted molar refractivity (Wildman–Crippen MR) is 87.0 cm³/mol. The Balaban J connectivity index is 1.86. The molecule has 1 amide bonds. The highest BCUT2D eigenvalue weighted by molar-refractivity contribution is 5.95. The van der Waals surface area contributed by atoms with E-state index < -0.39 is 27.1 Å². The number of nitrogens with zero attached hydrogens (tertiary/aromatic N) is 3. The van der Waals surface area contributed by atoms with E-state index in [1.165, 1.54) is 12.8 Å². The molecular formula is C15H20N4O5. The van der Waals surface area contributed by atoms with Gasteiger partial charge in [-0.25, -0.2) is 0 Å². The fourth-order valence-electron chi connectivity index (χ4n) is 2.71. The topological polar surface area (TPSA) is 119 Å². The zero-order chi connectivity index (χ0) is 17.5. The van der Waals surface area contributed by atoms with Gasteiger partial charge in [0.25, 0.3) is 17.3 Å². The molecule has 1 saturated heterocycles. The number of nitro groups is 2. The molecule has 0 unspecified atom stereocenters. The summed E-state index contributed by atoms with van der Waals surface area (Å²) in [5.41, 5.74) is -1.01. The molecule has 1 N–H and O–H groups in total. The SMILES string of the molecule is O=C(NCCCCN1CCCC1)c1cc([N+](=O)[O-])cc([N+](=O)[O-])c1. The highest BCUT2D eigenvalue weighted by Gasteiger charge is 2.19. The summed E-state index contributed by atoms with van der Waals surface area (Å²) in [6.07, 6.45) is 4.22. The van der Waals surface area contributed by atoms with Crippen molar-refractivity contribution in [2.24, 2.45) is 0 Å². The number of likely N-dealkylation sites (tertiary alicyclic amines) is 1. The van der Waals surface area contributed by atoms with Crippen molar-refractivity contribution >= 4 is 17.3 Å². The summed E-state index contributed by atoms with van der Waals surface area (Å²) in [4.78, 5) is 34.6. The molecule has 1 aromatic carbocycles. The zero-order valence-corrected chi connectivity index (χ0v) is 13.3. The normalized spacial score (nSPS) is 14.5. The smallest absolute Gasteiger partial charge is 0.277 e. The number of nitrogens with one attached hydrogen (secondary N) is 1. The van der Waals surface area contributed by atoms with Crippen molar-refractivity contribution < 1.29 is 14.6 Å². The maximum Gasteiger partial charge on any atom is 0.277 e. The number of benzene rings is 1. The minimum atomic E-state index is -0.750. The Morgan fingerprint density at radius 3 is 2.17 bits per heavy atom. The van der Waals surface area contributed by atoms with E-state index in [9.17, 15) is 25.0 Å². The lowest BCUT2D eigenvalue weighted by Gasteiger charge is -2.14. The lowest BCUT2D eigenvalue weighted by molar-refractivity contribution is -0.394. The summed E-state index contributed by atoms with van der Waals surface area (Å²) < 4.78 is 0. The van der Waals surface area contributed by atoms with Gasteiger partial charge in [0.05, 0.1) is 21.5 Å². The van der Waals surface area contributed by atoms with Gasteiger partial charge in [-0.1, -0.05) is 0 Å². The number of hydrogen-bond donors (Lipinski definition) is 1. The molecular weight excluding hydrogens is 316 g/mol. The van der Waals surface area contributed by atoms with Crippen LogP contribution in [0.4, 0.5) is 11.4 Å². The molecule has 0 bridgehead atoms. The van der Waals surface area contributed by atoms with Gasteiger partial charge < -0.3 is 10.2 Å². The van der Waals surface area contributed by atoms with Crippen LogP contribution in [0.15, 0.2) is 18.2 Å². The molecule has 0 spiro atoms. The molecule has 130 valence electrons. The number of unbranched alkanes of at least 4 members (excludes halogenated alkanes) is 1. The summed E-state index contributed by atoms with van der Waals surface area (Å²) in [6, 6.07) is 2.94. The van der Waals surface area contributed by atoms with Crippen molar-refractivity contribution in [3.05, 3.63) is 44.0 Å². The number of amides is 1. The zero-order valence-electron chi connectivity index (χ0n) is 13.3. The van der Waals surface area contributed by atoms with E-state index in [2.05, 4.69) is 10.2 Å². The largest absolute Gasteiger partial charge is 0.352 e. The van der Waals surface area contributed by atoms with E-state index in [0.29, 0.717) is 6.54 Å². The molecule has 2 rings (SSSR count). The van der Waals surface area contributed by atoms with Crippen LogP contribution >= 0.6 is 0 Å². The highest BCUT2D eigenvalue weighted by atomic mass is 16.6. The van der Waals surface area contributed by atoms with Crippen LogP contribution in [0.25, 0.3) is 0 Å². The molecule has 9 heteroatoms. The van der Waals surface area contributed by atoms with Crippen molar-refractivity contribution in [2.45, 2.75) is 25.7 Å². The average Bonchev–Trinajstić information content (AvgIpc) is 3.07. The number of nitro benzene ring substituents is 2. The molecule has 0 saturated carbocycles. The summed E-state index contributed by atoms with van der Waals surface area (Å²) in [7, 11) is 0. The molecule has 24 heavy (non-hydrogen) atoms. The van der Waals surface area contributed by atoms with Gasteiger partial charge in [-0.3, -0.25) is 25.0 Å². The Labute approximate surface area is 138 Å². The van der Waals surface area contributed by atoms with Gasteiger partial charge >= 0.3 is 0 Å². The molecule has 9 nitrogen and oxygen atoms in total. The minimum absolute atomic E-state index is 0.0737. The number of hydrogen-bond acceptors (Lipinski definition) is 6. The van der Waals surface area contributed by atoms with Crippen LogP contribution in [0.1, 0.15) is 36.0 Å². The van der Waals surface area contributed by atoms with Crippen LogP contribution in [0, 0.1) is 20.2 Å². The van der Waals surface area contributed by atoms with E-state index in [4.69, 9.17) is 0 Å².